The highest BCUT2D eigenvalue weighted by Gasteiger charge is 2.33. The summed E-state index contributed by atoms with van der Waals surface area (Å²) < 4.78 is 45.6. The third kappa shape index (κ3) is 3.98. The van der Waals surface area contributed by atoms with Gasteiger partial charge in [-0.05, 0) is 43.2 Å². The van der Waals surface area contributed by atoms with E-state index in [1.165, 1.54) is 34.6 Å². The summed E-state index contributed by atoms with van der Waals surface area (Å²) in [4.78, 5) is 26.4. The molecule has 2 heterocycles. The Morgan fingerprint density at radius 2 is 2.07 bits per heavy atom. The average Bonchev–Trinajstić information content (AvgIpc) is 3.10. The lowest BCUT2D eigenvalue weighted by Crippen LogP contribution is -2.43. The van der Waals surface area contributed by atoms with E-state index in [0.717, 1.165) is 6.07 Å². The quantitative estimate of drug-likeness (QED) is 0.630. The molecule has 1 saturated heterocycles. The van der Waals surface area contributed by atoms with Gasteiger partial charge in [0.1, 0.15) is 5.82 Å². The first-order valence-corrected chi connectivity index (χ1v) is 10.9. The fourth-order valence-corrected chi connectivity index (χ4v) is 5.15. The Kier molecular flexibility index (Phi) is 5.39. The number of halogens is 2. The summed E-state index contributed by atoms with van der Waals surface area (Å²) in [6.45, 7) is 0.266. The number of rotatable bonds is 4. The molecule has 1 fully saturated rings. The molecule has 1 aromatic heterocycles. The van der Waals surface area contributed by atoms with Crippen LogP contribution in [0, 0.1) is 11.7 Å². The van der Waals surface area contributed by atoms with E-state index in [4.69, 9.17) is 16.0 Å². The van der Waals surface area contributed by atoms with Crippen molar-refractivity contribution in [3.63, 3.8) is 0 Å². The van der Waals surface area contributed by atoms with Crippen molar-refractivity contribution in [1.82, 2.24) is 9.29 Å². The lowest BCUT2D eigenvalue weighted by Gasteiger charge is -2.31. The third-order valence-corrected chi connectivity index (χ3v) is 7.12. The summed E-state index contributed by atoms with van der Waals surface area (Å²) in [6.07, 6.45) is 1.02. The minimum absolute atomic E-state index is 0.00177. The van der Waals surface area contributed by atoms with Gasteiger partial charge in [-0.25, -0.2) is 17.6 Å². The van der Waals surface area contributed by atoms with Gasteiger partial charge < -0.3 is 9.73 Å². The van der Waals surface area contributed by atoms with Crippen LogP contribution in [0.25, 0.3) is 11.1 Å². The van der Waals surface area contributed by atoms with Crippen LogP contribution >= 0.6 is 11.6 Å². The monoisotopic (exact) mass is 453 g/mol. The second kappa shape index (κ2) is 7.86. The molecule has 1 aliphatic rings. The maximum absolute atomic E-state index is 13.3. The van der Waals surface area contributed by atoms with Gasteiger partial charge in [0.05, 0.1) is 21.4 Å². The molecule has 1 atom stereocenters. The van der Waals surface area contributed by atoms with Gasteiger partial charge in [0.15, 0.2) is 5.58 Å². The largest absolute Gasteiger partial charge is 0.417 e. The zero-order valence-corrected chi connectivity index (χ0v) is 17.1. The Balaban J connectivity index is 1.52. The van der Waals surface area contributed by atoms with E-state index >= 15 is 0 Å². The lowest BCUT2D eigenvalue weighted by molar-refractivity contribution is -0.120. The zero-order chi connectivity index (χ0) is 21.5. The highest BCUT2D eigenvalue weighted by Crippen LogP contribution is 2.27. The number of anilines is 1. The molecule has 30 heavy (non-hydrogen) atoms. The van der Waals surface area contributed by atoms with Gasteiger partial charge in [-0.3, -0.25) is 9.78 Å². The number of aromatic amines is 1. The van der Waals surface area contributed by atoms with Crippen molar-refractivity contribution in [2.24, 2.45) is 5.92 Å². The number of fused-ring (bicyclic) bond motifs is 1. The number of aromatic nitrogens is 1. The van der Waals surface area contributed by atoms with E-state index in [1.54, 1.807) is 0 Å². The van der Waals surface area contributed by atoms with Crippen molar-refractivity contribution in [2.45, 2.75) is 17.7 Å². The Labute approximate surface area is 175 Å². The molecule has 11 heteroatoms. The molecule has 4 rings (SSSR count). The van der Waals surface area contributed by atoms with Gasteiger partial charge in [-0.15, -0.1) is 0 Å². The molecule has 2 N–H and O–H groups in total. The number of hydrogen-bond donors (Lipinski definition) is 2. The number of nitrogens with one attached hydrogen (secondary N) is 2. The van der Waals surface area contributed by atoms with Gasteiger partial charge in [0.2, 0.25) is 15.9 Å². The molecule has 0 bridgehead atoms. The first kappa shape index (κ1) is 20.6. The number of oxazole rings is 1. The fourth-order valence-electron chi connectivity index (χ4n) is 3.43. The first-order chi connectivity index (χ1) is 14.2. The minimum atomic E-state index is -3.89. The van der Waals surface area contributed by atoms with Gasteiger partial charge in [-0.1, -0.05) is 11.6 Å². The standard InChI is InChI=1S/C19H17ClFN3O5S/c20-14-8-12(3-5-15(14)21)22-18(25)11-2-1-7-24(10-11)30(27,28)13-4-6-16-17(9-13)29-19(26)23-16/h3-6,8-9,11H,1-2,7,10H2,(H,22,25)(H,23,26). The minimum Gasteiger partial charge on any atom is -0.408 e. The number of carbonyl (C=O) groups is 1. The predicted molar refractivity (Wildman–Crippen MR) is 108 cm³/mol. The number of H-pyrrole nitrogens is 1. The molecule has 158 valence electrons. The molecule has 1 unspecified atom stereocenters. The average molecular weight is 454 g/mol. The number of benzene rings is 2. The van der Waals surface area contributed by atoms with E-state index in [1.807, 2.05) is 0 Å². The molecule has 0 saturated carbocycles. The van der Waals surface area contributed by atoms with Crippen LogP contribution in [0.3, 0.4) is 0 Å². The van der Waals surface area contributed by atoms with Crippen molar-refractivity contribution in [3.8, 4) is 0 Å². The fraction of sp³-hybridized carbons (Fsp3) is 0.263. The van der Waals surface area contributed by atoms with Gasteiger partial charge in [-0.2, -0.15) is 4.31 Å². The van der Waals surface area contributed by atoms with Crippen molar-refractivity contribution < 1.29 is 22.0 Å². The molecule has 2 aromatic carbocycles. The third-order valence-electron chi connectivity index (χ3n) is 4.97. The summed E-state index contributed by atoms with van der Waals surface area (Å²) in [5, 5.41) is 2.53. The van der Waals surface area contributed by atoms with Crippen LogP contribution in [0.5, 0.6) is 0 Å². The Hall–Kier alpha value is -2.69. The molecule has 0 radical (unpaired) electrons. The molecular formula is C19H17ClFN3O5S. The topological polar surface area (TPSA) is 112 Å². The summed E-state index contributed by atoms with van der Waals surface area (Å²) >= 11 is 5.73. The highest BCUT2D eigenvalue weighted by molar-refractivity contribution is 7.89. The summed E-state index contributed by atoms with van der Waals surface area (Å²) in [5.74, 6) is -2.22. The molecule has 3 aromatic rings. The number of amides is 1. The van der Waals surface area contributed by atoms with Gasteiger partial charge in [0.25, 0.3) is 0 Å². The van der Waals surface area contributed by atoms with Crippen LogP contribution in [-0.4, -0.2) is 36.7 Å². The summed E-state index contributed by atoms with van der Waals surface area (Å²) in [6, 6.07) is 7.95. The smallest absolute Gasteiger partial charge is 0.408 e. The molecule has 1 aliphatic heterocycles. The summed E-state index contributed by atoms with van der Waals surface area (Å²) in [5.41, 5.74) is 0.868. The molecule has 1 amide bonds. The van der Waals surface area contributed by atoms with Crippen LogP contribution in [-0.2, 0) is 14.8 Å². The van der Waals surface area contributed by atoms with E-state index < -0.39 is 27.5 Å². The van der Waals surface area contributed by atoms with Crippen molar-refractivity contribution in [2.75, 3.05) is 18.4 Å². The molecule has 0 aliphatic carbocycles. The van der Waals surface area contributed by atoms with Crippen LogP contribution < -0.4 is 11.1 Å². The van der Waals surface area contributed by atoms with E-state index in [9.17, 15) is 22.4 Å². The second-order valence-corrected chi connectivity index (χ2v) is 9.34. The Morgan fingerprint density at radius 3 is 2.83 bits per heavy atom. The number of piperidine rings is 1. The number of nitrogens with zero attached hydrogens (tertiary/aromatic N) is 1. The normalized spacial score (nSPS) is 17.9. The van der Waals surface area contributed by atoms with E-state index in [2.05, 4.69) is 10.3 Å². The first-order valence-electron chi connectivity index (χ1n) is 9.13. The van der Waals surface area contributed by atoms with Gasteiger partial charge >= 0.3 is 5.76 Å². The molecule has 0 spiro atoms. The lowest BCUT2D eigenvalue weighted by atomic mass is 9.99. The van der Waals surface area contributed by atoms with E-state index in [-0.39, 0.29) is 34.5 Å². The number of carbonyl (C=O) groups excluding carboxylic acids is 1. The maximum Gasteiger partial charge on any atom is 0.417 e. The van der Waals surface area contributed by atoms with E-state index in [0.29, 0.717) is 24.0 Å². The zero-order valence-electron chi connectivity index (χ0n) is 15.5. The number of hydrogen-bond acceptors (Lipinski definition) is 5. The van der Waals surface area contributed by atoms with Crippen molar-refractivity contribution in [3.05, 3.63) is 57.8 Å². The summed E-state index contributed by atoms with van der Waals surface area (Å²) in [7, 11) is -3.89. The highest BCUT2D eigenvalue weighted by atomic mass is 35.5. The van der Waals surface area contributed by atoms with Crippen molar-refractivity contribution >= 4 is 44.3 Å². The SMILES string of the molecule is O=C(Nc1ccc(F)c(Cl)c1)C1CCCN(S(=O)(=O)c2ccc3[nH]c(=O)oc3c2)C1. The van der Waals surface area contributed by atoms with Crippen LogP contribution in [0.4, 0.5) is 10.1 Å². The maximum atomic E-state index is 13.3. The van der Waals surface area contributed by atoms with Crippen LogP contribution in [0.15, 0.2) is 50.5 Å². The number of sulfonamides is 1. The van der Waals surface area contributed by atoms with Crippen LogP contribution in [0.2, 0.25) is 5.02 Å². The van der Waals surface area contributed by atoms with Gasteiger partial charge in [0, 0.05) is 24.8 Å². The molecular weight excluding hydrogens is 437 g/mol. The van der Waals surface area contributed by atoms with Crippen molar-refractivity contribution in [1.29, 1.82) is 0 Å². The molecule has 8 nitrogen and oxygen atoms in total. The predicted octanol–water partition coefficient (Wildman–Crippen LogP) is 2.95. The van der Waals surface area contributed by atoms with Crippen LogP contribution in [0.1, 0.15) is 12.8 Å². The second-order valence-electron chi connectivity index (χ2n) is 6.99. The Bertz CT molecular complexity index is 1290. The Morgan fingerprint density at radius 1 is 1.27 bits per heavy atom.